The predicted molar refractivity (Wildman–Crippen MR) is 105 cm³/mol. The Morgan fingerprint density at radius 2 is 1.78 bits per heavy atom. The van der Waals surface area contributed by atoms with Crippen molar-refractivity contribution in [3.05, 3.63) is 83.6 Å². The summed E-state index contributed by atoms with van der Waals surface area (Å²) in [6.07, 6.45) is 3.31. The molecule has 138 valence electrons. The van der Waals surface area contributed by atoms with E-state index >= 15 is 0 Å². The van der Waals surface area contributed by atoms with E-state index in [1.807, 2.05) is 42.5 Å². The van der Waals surface area contributed by atoms with Gasteiger partial charge in [0.2, 0.25) is 5.91 Å². The van der Waals surface area contributed by atoms with Crippen molar-refractivity contribution in [1.29, 1.82) is 0 Å². The average Bonchev–Trinajstić information content (AvgIpc) is 3.21. The van der Waals surface area contributed by atoms with E-state index in [2.05, 4.69) is 16.0 Å². The highest BCUT2D eigenvalue weighted by Gasteiger charge is 2.23. The molecule has 2 amide bonds. The Labute approximate surface area is 165 Å². The SMILES string of the molecule is O=C(CSc1ccc(Cl)cc1)NNC(=O)C(c1ccccc1)n1cccn1. The van der Waals surface area contributed by atoms with Gasteiger partial charge in [-0.05, 0) is 35.9 Å². The van der Waals surface area contributed by atoms with Crippen LogP contribution in [-0.2, 0) is 9.59 Å². The molecule has 0 bridgehead atoms. The van der Waals surface area contributed by atoms with Crippen LogP contribution in [0.2, 0.25) is 5.02 Å². The van der Waals surface area contributed by atoms with Crippen molar-refractivity contribution in [2.45, 2.75) is 10.9 Å². The monoisotopic (exact) mass is 400 g/mol. The molecular weight excluding hydrogens is 384 g/mol. The zero-order valence-electron chi connectivity index (χ0n) is 14.2. The lowest BCUT2D eigenvalue weighted by atomic mass is 10.1. The molecule has 0 spiro atoms. The van der Waals surface area contributed by atoms with E-state index in [1.54, 1.807) is 35.3 Å². The molecule has 1 unspecified atom stereocenters. The summed E-state index contributed by atoms with van der Waals surface area (Å²) < 4.78 is 1.54. The number of halogens is 1. The molecule has 27 heavy (non-hydrogen) atoms. The first-order valence-corrected chi connectivity index (χ1v) is 9.51. The van der Waals surface area contributed by atoms with Crippen LogP contribution in [-0.4, -0.2) is 27.3 Å². The highest BCUT2D eigenvalue weighted by Crippen LogP contribution is 2.20. The van der Waals surface area contributed by atoms with Crippen molar-refractivity contribution in [3.8, 4) is 0 Å². The number of carbonyl (C=O) groups excluding carboxylic acids is 2. The topological polar surface area (TPSA) is 76.0 Å². The lowest BCUT2D eigenvalue weighted by Crippen LogP contribution is -2.46. The van der Waals surface area contributed by atoms with Crippen LogP contribution in [0.3, 0.4) is 0 Å². The average molecular weight is 401 g/mol. The Balaban J connectivity index is 1.57. The fourth-order valence-electron chi connectivity index (χ4n) is 2.41. The molecule has 8 heteroatoms. The van der Waals surface area contributed by atoms with Crippen LogP contribution in [0.4, 0.5) is 0 Å². The minimum Gasteiger partial charge on any atom is -0.272 e. The highest BCUT2D eigenvalue weighted by atomic mass is 35.5. The molecule has 0 saturated heterocycles. The Kier molecular flexibility index (Phi) is 6.51. The van der Waals surface area contributed by atoms with Gasteiger partial charge in [0.1, 0.15) is 0 Å². The van der Waals surface area contributed by atoms with Crippen molar-refractivity contribution in [2.24, 2.45) is 0 Å². The third-order valence-electron chi connectivity index (χ3n) is 3.66. The molecular formula is C19H17ClN4O2S. The van der Waals surface area contributed by atoms with E-state index in [0.717, 1.165) is 10.5 Å². The van der Waals surface area contributed by atoms with E-state index in [-0.39, 0.29) is 17.6 Å². The smallest absolute Gasteiger partial charge is 0.267 e. The Morgan fingerprint density at radius 1 is 1.04 bits per heavy atom. The maximum atomic E-state index is 12.7. The van der Waals surface area contributed by atoms with Crippen LogP contribution < -0.4 is 10.9 Å². The van der Waals surface area contributed by atoms with Crippen molar-refractivity contribution in [1.82, 2.24) is 20.6 Å². The van der Waals surface area contributed by atoms with E-state index in [9.17, 15) is 9.59 Å². The van der Waals surface area contributed by atoms with Crippen LogP contribution in [0.5, 0.6) is 0 Å². The minimum absolute atomic E-state index is 0.166. The summed E-state index contributed by atoms with van der Waals surface area (Å²) in [5.74, 6) is -0.523. The molecule has 2 aromatic carbocycles. The van der Waals surface area contributed by atoms with Crippen molar-refractivity contribution < 1.29 is 9.59 Å². The molecule has 0 aliphatic rings. The fraction of sp³-hybridized carbons (Fsp3) is 0.105. The number of rotatable bonds is 6. The fourth-order valence-corrected chi connectivity index (χ4v) is 3.23. The highest BCUT2D eigenvalue weighted by molar-refractivity contribution is 8.00. The number of hydrogen-bond donors (Lipinski definition) is 2. The van der Waals surface area contributed by atoms with Gasteiger partial charge < -0.3 is 0 Å². The summed E-state index contributed by atoms with van der Waals surface area (Å²) in [5.41, 5.74) is 5.70. The Hall–Kier alpha value is -2.77. The van der Waals surface area contributed by atoms with Crippen molar-refractivity contribution >= 4 is 35.2 Å². The number of hydrogen-bond acceptors (Lipinski definition) is 4. The van der Waals surface area contributed by atoms with Gasteiger partial charge in [0.05, 0.1) is 5.75 Å². The quantitative estimate of drug-likeness (QED) is 0.492. The van der Waals surface area contributed by atoms with Gasteiger partial charge in [-0.15, -0.1) is 11.8 Å². The molecule has 0 aliphatic carbocycles. The molecule has 1 atom stereocenters. The van der Waals surface area contributed by atoms with Gasteiger partial charge in [0.15, 0.2) is 6.04 Å². The first-order valence-electron chi connectivity index (χ1n) is 8.14. The number of amides is 2. The molecule has 3 rings (SSSR count). The summed E-state index contributed by atoms with van der Waals surface area (Å²) >= 11 is 7.19. The minimum atomic E-state index is -0.676. The van der Waals surface area contributed by atoms with Gasteiger partial charge in [-0.25, -0.2) is 0 Å². The van der Waals surface area contributed by atoms with Gasteiger partial charge in [0.25, 0.3) is 5.91 Å². The van der Waals surface area contributed by atoms with Crippen LogP contribution in [0.15, 0.2) is 78.0 Å². The van der Waals surface area contributed by atoms with E-state index < -0.39 is 6.04 Å². The van der Waals surface area contributed by atoms with Gasteiger partial charge in [0, 0.05) is 22.3 Å². The van der Waals surface area contributed by atoms with Gasteiger partial charge in [-0.1, -0.05) is 41.9 Å². The molecule has 1 aromatic heterocycles. The Morgan fingerprint density at radius 3 is 2.44 bits per heavy atom. The number of carbonyl (C=O) groups is 2. The lowest BCUT2D eigenvalue weighted by molar-refractivity contribution is -0.129. The number of nitrogens with one attached hydrogen (secondary N) is 2. The van der Waals surface area contributed by atoms with E-state index in [0.29, 0.717) is 5.02 Å². The van der Waals surface area contributed by atoms with Crippen LogP contribution in [0.1, 0.15) is 11.6 Å². The van der Waals surface area contributed by atoms with Gasteiger partial charge >= 0.3 is 0 Å². The van der Waals surface area contributed by atoms with Crippen LogP contribution in [0, 0.1) is 0 Å². The summed E-state index contributed by atoms with van der Waals surface area (Å²) in [6.45, 7) is 0. The van der Waals surface area contributed by atoms with Crippen molar-refractivity contribution in [2.75, 3.05) is 5.75 Å². The third kappa shape index (κ3) is 5.35. The molecule has 3 aromatic rings. The van der Waals surface area contributed by atoms with Crippen molar-refractivity contribution in [3.63, 3.8) is 0 Å². The first kappa shape index (κ1) is 19.0. The second-order valence-electron chi connectivity index (χ2n) is 5.58. The predicted octanol–water partition coefficient (Wildman–Crippen LogP) is 3.07. The van der Waals surface area contributed by atoms with Crippen LogP contribution in [0.25, 0.3) is 0 Å². The normalized spacial score (nSPS) is 11.6. The number of nitrogens with zero attached hydrogens (tertiary/aromatic N) is 2. The number of hydrazine groups is 1. The molecule has 0 saturated carbocycles. The molecule has 1 heterocycles. The standard InChI is InChI=1S/C19H17ClN4O2S/c20-15-7-9-16(10-8-15)27-13-17(25)22-23-19(26)18(24-12-4-11-21-24)14-5-2-1-3-6-14/h1-12,18H,13H2,(H,22,25)(H,23,26). The molecule has 0 radical (unpaired) electrons. The van der Waals surface area contributed by atoms with Gasteiger partial charge in [-0.2, -0.15) is 5.10 Å². The van der Waals surface area contributed by atoms with Crippen LogP contribution >= 0.6 is 23.4 Å². The molecule has 0 fully saturated rings. The lowest BCUT2D eigenvalue weighted by Gasteiger charge is -2.18. The first-order chi connectivity index (χ1) is 13.1. The molecule has 0 aliphatic heterocycles. The largest absolute Gasteiger partial charge is 0.272 e. The second kappa shape index (κ2) is 9.25. The number of thioether (sulfide) groups is 1. The van der Waals surface area contributed by atoms with Gasteiger partial charge in [-0.3, -0.25) is 25.1 Å². The second-order valence-corrected chi connectivity index (χ2v) is 7.06. The summed E-state index contributed by atoms with van der Waals surface area (Å²) in [5, 5.41) is 4.79. The summed E-state index contributed by atoms with van der Waals surface area (Å²) in [7, 11) is 0. The van der Waals surface area contributed by atoms with E-state index in [4.69, 9.17) is 11.6 Å². The Bertz CT molecular complexity index is 886. The third-order valence-corrected chi connectivity index (χ3v) is 4.93. The summed E-state index contributed by atoms with van der Waals surface area (Å²) in [6, 6.07) is 17.5. The zero-order valence-corrected chi connectivity index (χ0v) is 15.8. The maximum absolute atomic E-state index is 12.7. The number of benzene rings is 2. The van der Waals surface area contributed by atoms with E-state index in [1.165, 1.54) is 11.8 Å². The molecule has 2 N–H and O–H groups in total. The molecule has 6 nitrogen and oxygen atoms in total. The maximum Gasteiger partial charge on any atom is 0.267 e. The zero-order chi connectivity index (χ0) is 19.1. The summed E-state index contributed by atoms with van der Waals surface area (Å²) in [4.78, 5) is 25.6. The number of aromatic nitrogens is 2.